The lowest BCUT2D eigenvalue weighted by Crippen LogP contribution is -2.32. The molecule has 0 spiro atoms. The van der Waals surface area contributed by atoms with Gasteiger partial charge in [0.1, 0.15) is 0 Å². The van der Waals surface area contributed by atoms with Crippen molar-refractivity contribution >= 4 is 0 Å². The van der Waals surface area contributed by atoms with Crippen LogP contribution >= 0.6 is 0 Å². The maximum Gasteiger partial charge on any atom is 0.250 e. The zero-order chi connectivity index (χ0) is 13.5. The molecule has 1 aliphatic rings. The summed E-state index contributed by atoms with van der Waals surface area (Å²) in [5.74, 6) is 0.878. The molecule has 19 heavy (non-hydrogen) atoms. The van der Waals surface area contributed by atoms with E-state index in [0.717, 1.165) is 25.6 Å². The molecule has 1 aliphatic heterocycles. The topological polar surface area (TPSA) is 37.3 Å². The SMILES string of the molecule is CN1CCC(CCNCCn2ccccc2=O)CC1. The molecule has 0 amide bonds. The maximum atomic E-state index is 11.5. The van der Waals surface area contributed by atoms with E-state index in [9.17, 15) is 4.79 Å². The highest BCUT2D eigenvalue weighted by molar-refractivity contribution is 4.93. The van der Waals surface area contributed by atoms with Crippen LogP contribution in [-0.2, 0) is 6.54 Å². The van der Waals surface area contributed by atoms with E-state index in [-0.39, 0.29) is 5.56 Å². The first kappa shape index (κ1) is 14.3. The van der Waals surface area contributed by atoms with Crippen LogP contribution in [0.25, 0.3) is 0 Å². The molecule has 2 heterocycles. The number of likely N-dealkylation sites (tertiary alicyclic amines) is 1. The van der Waals surface area contributed by atoms with E-state index in [0.29, 0.717) is 0 Å². The van der Waals surface area contributed by atoms with Crippen LogP contribution in [0.2, 0.25) is 0 Å². The Bertz CT molecular complexity index is 421. The fourth-order valence-electron chi connectivity index (χ4n) is 2.63. The quantitative estimate of drug-likeness (QED) is 0.783. The molecule has 0 radical (unpaired) electrons. The van der Waals surface area contributed by atoms with Gasteiger partial charge in [0.15, 0.2) is 0 Å². The normalized spacial score (nSPS) is 17.7. The number of nitrogens with zero attached hydrogens (tertiary/aromatic N) is 2. The summed E-state index contributed by atoms with van der Waals surface area (Å²) in [6, 6.07) is 5.30. The Kier molecular flexibility index (Phi) is 5.61. The summed E-state index contributed by atoms with van der Waals surface area (Å²) in [6.07, 6.45) is 5.77. The van der Waals surface area contributed by atoms with Gasteiger partial charge >= 0.3 is 0 Å². The Balaban J connectivity index is 1.57. The number of rotatable bonds is 6. The van der Waals surface area contributed by atoms with E-state index in [2.05, 4.69) is 17.3 Å². The number of aromatic nitrogens is 1. The molecule has 0 bridgehead atoms. The Labute approximate surface area is 115 Å². The minimum absolute atomic E-state index is 0.0830. The lowest BCUT2D eigenvalue weighted by atomic mass is 9.94. The van der Waals surface area contributed by atoms with E-state index in [1.807, 2.05) is 12.3 Å². The second kappa shape index (κ2) is 7.46. The van der Waals surface area contributed by atoms with Gasteiger partial charge in [-0.2, -0.15) is 0 Å². The average Bonchev–Trinajstić information content (AvgIpc) is 2.42. The van der Waals surface area contributed by atoms with Crippen LogP contribution in [0.1, 0.15) is 19.3 Å². The van der Waals surface area contributed by atoms with Crippen molar-refractivity contribution in [2.24, 2.45) is 5.92 Å². The third-order valence-electron chi connectivity index (χ3n) is 4.00. The Morgan fingerprint density at radius 3 is 2.79 bits per heavy atom. The molecule has 1 aromatic heterocycles. The first-order valence-electron chi connectivity index (χ1n) is 7.30. The fourth-order valence-corrected chi connectivity index (χ4v) is 2.63. The average molecular weight is 263 g/mol. The molecule has 1 fully saturated rings. The molecule has 106 valence electrons. The van der Waals surface area contributed by atoms with Crippen molar-refractivity contribution in [3.8, 4) is 0 Å². The molecule has 1 saturated heterocycles. The highest BCUT2D eigenvalue weighted by Crippen LogP contribution is 2.18. The Morgan fingerprint density at radius 1 is 1.26 bits per heavy atom. The van der Waals surface area contributed by atoms with Gasteiger partial charge in [0, 0.05) is 25.4 Å². The molecular weight excluding hydrogens is 238 g/mol. The first-order valence-corrected chi connectivity index (χ1v) is 7.30. The summed E-state index contributed by atoms with van der Waals surface area (Å²) < 4.78 is 1.75. The summed E-state index contributed by atoms with van der Waals surface area (Å²) in [4.78, 5) is 13.9. The Hall–Kier alpha value is -1.13. The molecule has 0 atom stereocenters. The highest BCUT2D eigenvalue weighted by Gasteiger charge is 2.15. The minimum atomic E-state index is 0.0830. The maximum absolute atomic E-state index is 11.5. The van der Waals surface area contributed by atoms with Gasteiger partial charge < -0.3 is 14.8 Å². The van der Waals surface area contributed by atoms with Crippen molar-refractivity contribution in [2.75, 3.05) is 33.2 Å². The first-order chi connectivity index (χ1) is 9.25. The van der Waals surface area contributed by atoms with Gasteiger partial charge in [-0.05, 0) is 57.9 Å². The van der Waals surface area contributed by atoms with Crippen LogP contribution in [0, 0.1) is 5.92 Å². The van der Waals surface area contributed by atoms with Crippen LogP contribution in [0.15, 0.2) is 29.2 Å². The van der Waals surface area contributed by atoms with E-state index in [4.69, 9.17) is 0 Å². The molecule has 0 aromatic carbocycles. The van der Waals surface area contributed by atoms with Gasteiger partial charge in [0.2, 0.25) is 0 Å². The van der Waals surface area contributed by atoms with Crippen molar-refractivity contribution in [1.29, 1.82) is 0 Å². The number of piperidine rings is 1. The van der Waals surface area contributed by atoms with Crippen molar-refractivity contribution in [1.82, 2.24) is 14.8 Å². The van der Waals surface area contributed by atoms with Gasteiger partial charge in [-0.15, -0.1) is 0 Å². The number of pyridine rings is 1. The van der Waals surface area contributed by atoms with Gasteiger partial charge in [-0.25, -0.2) is 0 Å². The smallest absolute Gasteiger partial charge is 0.250 e. The molecule has 4 heteroatoms. The summed E-state index contributed by atoms with van der Waals surface area (Å²) >= 11 is 0. The summed E-state index contributed by atoms with van der Waals surface area (Å²) in [6.45, 7) is 5.17. The standard InChI is InChI=1S/C15H25N3O/c1-17-11-6-14(7-12-17)5-8-16-9-13-18-10-3-2-4-15(18)19/h2-4,10,14,16H,5-9,11-13H2,1H3. The third-order valence-corrected chi connectivity index (χ3v) is 4.00. The van der Waals surface area contributed by atoms with Gasteiger partial charge in [-0.1, -0.05) is 6.07 Å². The highest BCUT2D eigenvalue weighted by atomic mass is 16.1. The van der Waals surface area contributed by atoms with E-state index in [1.54, 1.807) is 16.7 Å². The van der Waals surface area contributed by atoms with Crippen LogP contribution in [0.5, 0.6) is 0 Å². The van der Waals surface area contributed by atoms with Crippen molar-refractivity contribution < 1.29 is 0 Å². The van der Waals surface area contributed by atoms with Crippen LogP contribution in [0.4, 0.5) is 0 Å². The van der Waals surface area contributed by atoms with E-state index >= 15 is 0 Å². The minimum Gasteiger partial charge on any atom is -0.315 e. The molecule has 1 N–H and O–H groups in total. The van der Waals surface area contributed by atoms with Crippen LogP contribution in [-0.4, -0.2) is 42.7 Å². The molecule has 1 aromatic rings. The fraction of sp³-hybridized carbons (Fsp3) is 0.667. The summed E-state index contributed by atoms with van der Waals surface area (Å²) in [7, 11) is 2.20. The zero-order valence-corrected chi connectivity index (χ0v) is 11.8. The Morgan fingerprint density at radius 2 is 2.05 bits per heavy atom. The van der Waals surface area contributed by atoms with Crippen molar-refractivity contribution in [2.45, 2.75) is 25.8 Å². The third kappa shape index (κ3) is 4.80. The molecule has 0 saturated carbocycles. The number of hydrogen-bond acceptors (Lipinski definition) is 3. The zero-order valence-electron chi connectivity index (χ0n) is 11.8. The monoisotopic (exact) mass is 263 g/mol. The molecule has 0 unspecified atom stereocenters. The van der Waals surface area contributed by atoms with Gasteiger partial charge in [0.25, 0.3) is 5.56 Å². The molecule has 4 nitrogen and oxygen atoms in total. The lowest BCUT2D eigenvalue weighted by molar-refractivity contribution is 0.211. The molecular formula is C15H25N3O. The van der Waals surface area contributed by atoms with Crippen molar-refractivity contribution in [3.63, 3.8) is 0 Å². The number of hydrogen-bond donors (Lipinski definition) is 1. The molecule has 0 aliphatic carbocycles. The largest absolute Gasteiger partial charge is 0.315 e. The summed E-state index contributed by atoms with van der Waals surface area (Å²) in [5.41, 5.74) is 0.0830. The van der Waals surface area contributed by atoms with E-state index in [1.165, 1.54) is 32.4 Å². The van der Waals surface area contributed by atoms with Crippen LogP contribution < -0.4 is 10.9 Å². The second-order valence-electron chi connectivity index (χ2n) is 5.52. The van der Waals surface area contributed by atoms with E-state index < -0.39 is 0 Å². The molecule has 2 rings (SSSR count). The number of nitrogens with one attached hydrogen (secondary N) is 1. The second-order valence-corrected chi connectivity index (χ2v) is 5.52. The van der Waals surface area contributed by atoms with Gasteiger partial charge in [-0.3, -0.25) is 4.79 Å². The van der Waals surface area contributed by atoms with Crippen LogP contribution in [0.3, 0.4) is 0 Å². The predicted octanol–water partition coefficient (Wildman–Crippen LogP) is 1.17. The summed E-state index contributed by atoms with van der Waals surface area (Å²) in [5, 5.41) is 3.45. The van der Waals surface area contributed by atoms with Crippen molar-refractivity contribution in [3.05, 3.63) is 34.7 Å². The predicted molar refractivity (Wildman–Crippen MR) is 78.4 cm³/mol. The lowest BCUT2D eigenvalue weighted by Gasteiger charge is -2.28. The van der Waals surface area contributed by atoms with Gasteiger partial charge in [0.05, 0.1) is 0 Å².